The van der Waals surface area contributed by atoms with Crippen LogP contribution in [0.4, 0.5) is 0 Å². The van der Waals surface area contributed by atoms with Crippen LogP contribution in [0.15, 0.2) is 30.3 Å². The number of hydrogen-bond donors (Lipinski definition) is 0. The third-order valence-electron chi connectivity index (χ3n) is 1.95. The zero-order valence-corrected chi connectivity index (χ0v) is 9.14. The van der Waals surface area contributed by atoms with Gasteiger partial charge in [-0.05, 0) is 5.56 Å². The van der Waals surface area contributed by atoms with Crippen molar-refractivity contribution in [3.05, 3.63) is 35.9 Å². The van der Waals surface area contributed by atoms with Crippen LogP contribution < -0.4 is 0 Å². The molecule has 0 saturated heterocycles. The maximum atomic E-state index is 11.4. The minimum Gasteiger partial charge on any atom is -0.467 e. The Bertz CT molecular complexity index is 345. The van der Waals surface area contributed by atoms with Crippen molar-refractivity contribution in [1.82, 2.24) is 0 Å². The number of ketones is 1. The monoisotopic (exact) mass is 222 g/mol. The molecule has 16 heavy (non-hydrogen) atoms. The van der Waals surface area contributed by atoms with Crippen molar-refractivity contribution < 1.29 is 19.1 Å². The van der Waals surface area contributed by atoms with Gasteiger partial charge in [0.2, 0.25) is 0 Å². The Morgan fingerprint density at radius 1 is 1.12 bits per heavy atom. The summed E-state index contributed by atoms with van der Waals surface area (Å²) in [6.45, 7) is -0.249. The van der Waals surface area contributed by atoms with Crippen LogP contribution in [0.25, 0.3) is 0 Å². The average molecular weight is 222 g/mol. The SMILES string of the molecule is COC(=O)COCC(=O)Cc1ccccc1. The standard InChI is InChI=1S/C12H14O4/c1-15-12(14)9-16-8-11(13)7-10-5-3-2-4-6-10/h2-6H,7-9H2,1H3. The van der Waals surface area contributed by atoms with Gasteiger partial charge in [0, 0.05) is 6.42 Å². The molecule has 0 aliphatic carbocycles. The van der Waals surface area contributed by atoms with Gasteiger partial charge in [-0.15, -0.1) is 0 Å². The molecule has 0 heterocycles. The fourth-order valence-electron chi connectivity index (χ4n) is 1.18. The molecule has 0 aromatic heterocycles. The lowest BCUT2D eigenvalue weighted by atomic mass is 10.1. The predicted octanol–water partition coefficient (Wildman–Crippen LogP) is 0.988. The van der Waals surface area contributed by atoms with Crippen LogP contribution in [0.5, 0.6) is 0 Å². The first-order valence-electron chi connectivity index (χ1n) is 4.92. The van der Waals surface area contributed by atoms with E-state index < -0.39 is 5.97 Å². The zero-order valence-electron chi connectivity index (χ0n) is 9.14. The Labute approximate surface area is 94.2 Å². The number of carbonyl (C=O) groups excluding carboxylic acids is 2. The van der Waals surface area contributed by atoms with Gasteiger partial charge in [0.1, 0.15) is 13.2 Å². The van der Waals surface area contributed by atoms with E-state index >= 15 is 0 Å². The molecule has 0 saturated carbocycles. The van der Waals surface area contributed by atoms with Crippen LogP contribution >= 0.6 is 0 Å². The molecule has 0 amide bonds. The molecule has 1 aromatic rings. The summed E-state index contributed by atoms with van der Waals surface area (Å²) in [4.78, 5) is 22.1. The number of rotatable bonds is 6. The van der Waals surface area contributed by atoms with Crippen LogP contribution in [0, 0.1) is 0 Å². The Kier molecular flexibility index (Phi) is 5.22. The van der Waals surface area contributed by atoms with Crippen LogP contribution in [0.3, 0.4) is 0 Å². The van der Waals surface area contributed by atoms with E-state index in [0.717, 1.165) is 5.56 Å². The van der Waals surface area contributed by atoms with Gasteiger partial charge >= 0.3 is 5.97 Å². The van der Waals surface area contributed by atoms with Crippen LogP contribution in [0.1, 0.15) is 5.56 Å². The first-order chi connectivity index (χ1) is 7.72. The summed E-state index contributed by atoms with van der Waals surface area (Å²) in [5.41, 5.74) is 0.939. The third kappa shape index (κ3) is 4.70. The lowest BCUT2D eigenvalue weighted by Gasteiger charge is -2.02. The number of carbonyl (C=O) groups is 2. The second-order valence-electron chi connectivity index (χ2n) is 3.27. The fraction of sp³-hybridized carbons (Fsp3) is 0.333. The minimum atomic E-state index is -0.479. The molecule has 1 rings (SSSR count). The highest BCUT2D eigenvalue weighted by atomic mass is 16.6. The van der Waals surface area contributed by atoms with Crippen molar-refractivity contribution in [3.63, 3.8) is 0 Å². The van der Waals surface area contributed by atoms with Crippen molar-refractivity contribution in [2.24, 2.45) is 0 Å². The van der Waals surface area contributed by atoms with Crippen molar-refractivity contribution in [2.75, 3.05) is 20.3 Å². The van der Waals surface area contributed by atoms with Crippen molar-refractivity contribution in [3.8, 4) is 0 Å². The van der Waals surface area contributed by atoms with E-state index in [1.165, 1.54) is 7.11 Å². The number of hydrogen-bond acceptors (Lipinski definition) is 4. The molecule has 0 atom stereocenters. The number of Topliss-reactive ketones (excluding diaryl/α,β-unsaturated/α-hetero) is 1. The van der Waals surface area contributed by atoms with E-state index in [1.807, 2.05) is 30.3 Å². The molecule has 0 bridgehead atoms. The molecule has 0 spiro atoms. The van der Waals surface area contributed by atoms with Crippen LogP contribution in [0.2, 0.25) is 0 Å². The highest BCUT2D eigenvalue weighted by Crippen LogP contribution is 2.00. The van der Waals surface area contributed by atoms with Gasteiger partial charge in [0.25, 0.3) is 0 Å². The van der Waals surface area contributed by atoms with Gasteiger partial charge in [-0.25, -0.2) is 4.79 Å². The van der Waals surface area contributed by atoms with E-state index in [4.69, 9.17) is 4.74 Å². The second kappa shape index (κ2) is 6.74. The molecule has 0 aliphatic rings. The summed E-state index contributed by atoms with van der Waals surface area (Å²) in [5, 5.41) is 0. The lowest BCUT2D eigenvalue weighted by molar-refractivity contribution is -0.146. The van der Waals surface area contributed by atoms with Crippen molar-refractivity contribution in [1.29, 1.82) is 0 Å². The highest BCUT2D eigenvalue weighted by Gasteiger charge is 2.05. The molecule has 0 aliphatic heterocycles. The largest absolute Gasteiger partial charge is 0.467 e. The molecule has 4 nitrogen and oxygen atoms in total. The smallest absolute Gasteiger partial charge is 0.331 e. The average Bonchev–Trinajstić information content (AvgIpc) is 2.30. The lowest BCUT2D eigenvalue weighted by Crippen LogP contribution is -2.17. The van der Waals surface area contributed by atoms with E-state index in [-0.39, 0.29) is 19.0 Å². The van der Waals surface area contributed by atoms with E-state index in [0.29, 0.717) is 6.42 Å². The van der Waals surface area contributed by atoms with Crippen LogP contribution in [-0.2, 0) is 25.5 Å². The number of benzene rings is 1. The first kappa shape index (κ1) is 12.4. The summed E-state index contributed by atoms with van der Waals surface area (Å²) >= 11 is 0. The Hall–Kier alpha value is -1.68. The van der Waals surface area contributed by atoms with Gasteiger partial charge in [0.05, 0.1) is 7.11 Å². The predicted molar refractivity (Wildman–Crippen MR) is 58.0 cm³/mol. The first-order valence-corrected chi connectivity index (χ1v) is 4.92. The summed E-state index contributed by atoms with van der Waals surface area (Å²) in [6, 6.07) is 9.38. The minimum absolute atomic E-state index is 0.0601. The fourth-order valence-corrected chi connectivity index (χ4v) is 1.18. The molecule has 1 aromatic carbocycles. The molecular weight excluding hydrogens is 208 g/mol. The van der Waals surface area contributed by atoms with Gasteiger partial charge in [-0.1, -0.05) is 30.3 Å². The Morgan fingerprint density at radius 3 is 2.44 bits per heavy atom. The maximum Gasteiger partial charge on any atom is 0.331 e. The molecular formula is C12H14O4. The second-order valence-corrected chi connectivity index (χ2v) is 3.27. The van der Waals surface area contributed by atoms with Crippen LogP contribution in [-0.4, -0.2) is 32.1 Å². The van der Waals surface area contributed by atoms with Gasteiger partial charge in [-0.2, -0.15) is 0 Å². The summed E-state index contributed by atoms with van der Waals surface area (Å²) < 4.78 is 9.27. The molecule has 0 radical (unpaired) electrons. The molecule has 0 N–H and O–H groups in total. The summed E-state index contributed by atoms with van der Waals surface area (Å²) in [6.07, 6.45) is 0.321. The van der Waals surface area contributed by atoms with Gasteiger partial charge in [0.15, 0.2) is 5.78 Å². The maximum absolute atomic E-state index is 11.4. The van der Waals surface area contributed by atoms with Crippen molar-refractivity contribution >= 4 is 11.8 Å². The normalized spacial score (nSPS) is 9.81. The van der Waals surface area contributed by atoms with E-state index in [1.54, 1.807) is 0 Å². The molecule has 86 valence electrons. The topological polar surface area (TPSA) is 52.6 Å². The number of ether oxygens (including phenoxy) is 2. The summed E-state index contributed by atoms with van der Waals surface area (Å²) in [5.74, 6) is -0.539. The van der Waals surface area contributed by atoms with E-state index in [2.05, 4.69) is 4.74 Å². The molecule has 0 fully saturated rings. The van der Waals surface area contributed by atoms with Gasteiger partial charge < -0.3 is 9.47 Å². The quantitative estimate of drug-likeness (QED) is 0.673. The summed E-state index contributed by atoms with van der Waals surface area (Å²) in [7, 11) is 1.28. The van der Waals surface area contributed by atoms with Crippen molar-refractivity contribution in [2.45, 2.75) is 6.42 Å². The molecule has 0 unspecified atom stereocenters. The Morgan fingerprint density at radius 2 is 1.81 bits per heavy atom. The zero-order chi connectivity index (χ0) is 11.8. The van der Waals surface area contributed by atoms with E-state index in [9.17, 15) is 9.59 Å². The van der Waals surface area contributed by atoms with Gasteiger partial charge in [-0.3, -0.25) is 4.79 Å². The number of esters is 1. The number of methoxy groups -OCH3 is 1. The highest BCUT2D eigenvalue weighted by molar-refractivity contribution is 5.82. The molecule has 4 heteroatoms. The third-order valence-corrected chi connectivity index (χ3v) is 1.95. The Balaban J connectivity index is 2.24.